The van der Waals surface area contributed by atoms with Gasteiger partial charge in [0.1, 0.15) is 0 Å². The molecule has 2 rings (SSSR count). The van der Waals surface area contributed by atoms with E-state index in [9.17, 15) is 0 Å². The Bertz CT molecular complexity index is 352. The van der Waals surface area contributed by atoms with Crippen molar-refractivity contribution in [3.8, 4) is 0 Å². The fourth-order valence-corrected chi connectivity index (χ4v) is 3.50. The van der Waals surface area contributed by atoms with Crippen LogP contribution in [-0.2, 0) is 24.2 Å². The van der Waals surface area contributed by atoms with Crippen molar-refractivity contribution in [3.05, 3.63) is 40.2 Å². The Morgan fingerprint density at radius 1 is 1.46 bits per heavy atom. The zero-order valence-corrected chi connectivity index (χ0v) is 9.63. The van der Waals surface area contributed by atoms with Gasteiger partial charge in [0.2, 0.25) is 0 Å². The van der Waals surface area contributed by atoms with Crippen LogP contribution in [0.15, 0.2) is 34.7 Å². The van der Waals surface area contributed by atoms with Crippen molar-refractivity contribution in [3.63, 3.8) is 0 Å². The first-order valence-corrected chi connectivity index (χ1v) is 6.11. The van der Waals surface area contributed by atoms with Gasteiger partial charge >= 0.3 is 86.6 Å². The first-order valence-electron chi connectivity index (χ1n) is 4.37. The second-order valence-electron chi connectivity index (χ2n) is 3.21. The number of rotatable bonds is 2. The van der Waals surface area contributed by atoms with E-state index in [2.05, 4.69) is 49.0 Å². The first kappa shape index (κ1) is 8.96. The molecule has 1 nitrogen and oxygen atoms in total. The molecule has 0 spiro atoms. The normalized spacial score (nSPS) is 15.4. The third kappa shape index (κ3) is 1.83. The van der Waals surface area contributed by atoms with Gasteiger partial charge < -0.3 is 0 Å². The van der Waals surface area contributed by atoms with Crippen molar-refractivity contribution in [1.82, 2.24) is 4.57 Å². The van der Waals surface area contributed by atoms with Gasteiger partial charge in [-0.3, -0.25) is 0 Å². The van der Waals surface area contributed by atoms with Gasteiger partial charge in [-0.25, -0.2) is 0 Å². The van der Waals surface area contributed by atoms with E-state index < -0.39 is 0 Å². The molecule has 0 N–H and O–H groups in total. The summed E-state index contributed by atoms with van der Waals surface area (Å²) in [4.78, 5) is 0. The van der Waals surface area contributed by atoms with Crippen LogP contribution in [0.5, 0.6) is 0 Å². The van der Waals surface area contributed by atoms with Gasteiger partial charge in [-0.1, -0.05) is 0 Å². The molecule has 1 aromatic rings. The fraction of sp³-hybridized carbons (Fsp3) is 0.273. The van der Waals surface area contributed by atoms with Gasteiger partial charge in [0.25, 0.3) is 0 Å². The van der Waals surface area contributed by atoms with Crippen LogP contribution in [0.4, 0.5) is 0 Å². The molecule has 2 heteroatoms. The molecule has 0 aromatic carbocycles. The van der Waals surface area contributed by atoms with Crippen molar-refractivity contribution in [1.29, 1.82) is 0 Å². The molecular formula is C11H13NRu. The van der Waals surface area contributed by atoms with E-state index in [1.54, 1.807) is 4.17 Å². The average molecular weight is 260 g/mol. The summed E-state index contributed by atoms with van der Waals surface area (Å²) in [5.41, 5.74) is 1.44. The van der Waals surface area contributed by atoms with Crippen molar-refractivity contribution < 1.29 is 17.1 Å². The molecule has 0 amide bonds. The zero-order valence-electron chi connectivity index (χ0n) is 7.89. The zero-order chi connectivity index (χ0) is 9.26. The molecule has 0 bridgehead atoms. The molecule has 13 heavy (non-hydrogen) atoms. The fourth-order valence-electron chi connectivity index (χ4n) is 1.35. The van der Waals surface area contributed by atoms with E-state index >= 15 is 0 Å². The van der Waals surface area contributed by atoms with Crippen LogP contribution >= 0.6 is 0 Å². The molecule has 70 valence electrons. The second-order valence-corrected chi connectivity index (χ2v) is 5.58. The maximum atomic E-state index is 2.27. The molecular weight excluding hydrogens is 247 g/mol. The van der Waals surface area contributed by atoms with Crippen LogP contribution in [0.25, 0.3) is 0 Å². The summed E-state index contributed by atoms with van der Waals surface area (Å²) in [6.07, 6.45) is 10.0. The van der Waals surface area contributed by atoms with E-state index in [1.165, 1.54) is 16.3 Å². The number of hydrogen-bond acceptors (Lipinski definition) is 0. The molecule has 1 aliphatic rings. The van der Waals surface area contributed by atoms with Crippen molar-refractivity contribution in [2.75, 3.05) is 0 Å². The molecule has 0 unspecified atom stereocenters. The summed E-state index contributed by atoms with van der Waals surface area (Å²) in [6.45, 7) is 2.20. The number of allylic oxidation sites excluding steroid dienone is 4. The molecule has 1 aromatic heterocycles. The Balaban J connectivity index is 2.17. The van der Waals surface area contributed by atoms with Crippen LogP contribution in [0.3, 0.4) is 0 Å². The third-order valence-electron chi connectivity index (χ3n) is 2.08. The predicted octanol–water partition coefficient (Wildman–Crippen LogP) is 1.89. The van der Waals surface area contributed by atoms with Crippen LogP contribution in [-0.4, -0.2) is 4.57 Å². The summed E-state index contributed by atoms with van der Waals surface area (Å²) in [6, 6.07) is 2.20. The second kappa shape index (κ2) is 3.63. The average Bonchev–Trinajstić information content (AvgIpc) is 2.70. The maximum absolute atomic E-state index is 2.27. The number of nitrogens with zero attached hydrogens (tertiary/aromatic N) is 1. The van der Waals surface area contributed by atoms with Gasteiger partial charge in [0.05, 0.1) is 0 Å². The number of aromatic nitrogens is 1. The SMILES string of the molecule is Cc1ccn(C)[c]1[Ru][C]1=CC=CC1. The summed E-state index contributed by atoms with van der Waals surface area (Å²) >= 11 is 0.265. The predicted molar refractivity (Wildman–Crippen MR) is 51.6 cm³/mol. The van der Waals surface area contributed by atoms with E-state index in [0.717, 1.165) is 0 Å². The summed E-state index contributed by atoms with van der Waals surface area (Å²) in [5, 5.41) is 0. The van der Waals surface area contributed by atoms with Gasteiger partial charge in [-0.15, -0.1) is 0 Å². The Hall–Kier alpha value is -0.617. The van der Waals surface area contributed by atoms with E-state index in [4.69, 9.17) is 0 Å². The molecule has 0 fully saturated rings. The molecule has 0 saturated carbocycles. The minimum atomic E-state index is 0.265. The third-order valence-corrected chi connectivity index (χ3v) is 4.99. The first-order chi connectivity index (χ1) is 6.27. The topological polar surface area (TPSA) is 4.93 Å². The molecule has 0 saturated heterocycles. The van der Waals surface area contributed by atoms with Gasteiger partial charge in [-0.05, 0) is 0 Å². The Morgan fingerprint density at radius 2 is 2.31 bits per heavy atom. The number of aryl methyl sites for hydroxylation is 2. The minimum absolute atomic E-state index is 0.265. The van der Waals surface area contributed by atoms with E-state index in [-0.39, 0.29) is 17.1 Å². The molecule has 0 atom stereocenters. The van der Waals surface area contributed by atoms with Crippen LogP contribution < -0.4 is 4.29 Å². The van der Waals surface area contributed by atoms with Crippen LogP contribution in [0.1, 0.15) is 12.0 Å². The van der Waals surface area contributed by atoms with Crippen molar-refractivity contribution >= 4 is 4.29 Å². The van der Waals surface area contributed by atoms with Crippen molar-refractivity contribution in [2.45, 2.75) is 13.3 Å². The molecule has 0 aliphatic heterocycles. The van der Waals surface area contributed by atoms with Gasteiger partial charge in [0.15, 0.2) is 0 Å². The summed E-state index contributed by atoms with van der Waals surface area (Å²) in [7, 11) is 2.14. The van der Waals surface area contributed by atoms with Crippen LogP contribution in [0.2, 0.25) is 0 Å². The number of hydrogen-bond donors (Lipinski definition) is 0. The van der Waals surface area contributed by atoms with Gasteiger partial charge in [0, 0.05) is 0 Å². The Labute approximate surface area is 86.7 Å². The Morgan fingerprint density at radius 3 is 2.85 bits per heavy atom. The summed E-state index contributed by atoms with van der Waals surface area (Å²) < 4.78 is 5.39. The Kier molecular flexibility index (Phi) is 2.50. The van der Waals surface area contributed by atoms with Gasteiger partial charge in [-0.2, -0.15) is 0 Å². The van der Waals surface area contributed by atoms with Crippen LogP contribution in [0, 0.1) is 6.92 Å². The molecule has 1 heterocycles. The molecule has 0 radical (unpaired) electrons. The van der Waals surface area contributed by atoms with Crippen molar-refractivity contribution in [2.24, 2.45) is 7.05 Å². The molecule has 1 aliphatic carbocycles. The quantitative estimate of drug-likeness (QED) is 0.716. The van der Waals surface area contributed by atoms with E-state index in [0.29, 0.717) is 0 Å². The van der Waals surface area contributed by atoms with E-state index in [1.807, 2.05) is 0 Å². The summed E-state index contributed by atoms with van der Waals surface area (Å²) in [5.74, 6) is 0. The monoisotopic (exact) mass is 261 g/mol. The standard InChI is InChI=1S/C6H8N.C5H5.Ru/c1-6-3-4-7(2)5-6;1-2-4-5-3-1;/h3-4H,1-2H3;1-3H,4H2;.